The molecule has 1 amide bonds. The second kappa shape index (κ2) is 9.00. The first-order valence-electron chi connectivity index (χ1n) is 12.3. The first-order chi connectivity index (χ1) is 19.0. The van der Waals surface area contributed by atoms with Crippen molar-refractivity contribution in [2.24, 2.45) is 17.6 Å². The van der Waals surface area contributed by atoms with Crippen LogP contribution < -0.4 is 11.1 Å². The Labute approximate surface area is 229 Å². The number of fused-ring (bicyclic) bond motifs is 3. The van der Waals surface area contributed by atoms with Crippen molar-refractivity contribution in [2.75, 3.05) is 5.32 Å². The lowest BCUT2D eigenvalue weighted by Gasteiger charge is -2.46. The van der Waals surface area contributed by atoms with E-state index in [9.17, 15) is 39.2 Å². The Bertz CT molecular complexity index is 1690. The van der Waals surface area contributed by atoms with Crippen molar-refractivity contribution >= 4 is 45.4 Å². The lowest BCUT2D eigenvalue weighted by molar-refractivity contribution is -0.147. The normalized spacial score (nSPS) is 23.9. The molecule has 0 bridgehead atoms. The van der Waals surface area contributed by atoms with Crippen LogP contribution >= 0.6 is 11.3 Å². The van der Waals surface area contributed by atoms with Crippen molar-refractivity contribution in [3.8, 4) is 17.0 Å². The minimum atomic E-state index is -2.61. The number of nitrogens with zero attached hydrogens (tertiary/aromatic N) is 1. The Morgan fingerprint density at radius 2 is 1.82 bits per heavy atom. The van der Waals surface area contributed by atoms with Crippen molar-refractivity contribution in [1.82, 2.24) is 4.98 Å². The first kappa shape index (κ1) is 25.7. The minimum Gasteiger partial charge on any atom is -0.508 e. The van der Waals surface area contributed by atoms with Crippen molar-refractivity contribution < 1.29 is 39.2 Å². The number of rotatable bonds is 4. The van der Waals surface area contributed by atoms with Gasteiger partial charge in [-0.05, 0) is 54.7 Å². The monoisotopic (exact) mass is 563 g/mol. The molecule has 1 fully saturated rings. The molecule has 3 aliphatic carbocycles. The molecular weight excluding hydrogens is 541 g/mol. The summed E-state index contributed by atoms with van der Waals surface area (Å²) in [4.78, 5) is 42.3. The number of ketones is 2. The second-order valence-corrected chi connectivity index (χ2v) is 10.9. The summed E-state index contributed by atoms with van der Waals surface area (Å²) in [6.07, 6.45) is -0.0903. The van der Waals surface area contributed by atoms with Crippen molar-refractivity contribution in [3.05, 3.63) is 75.6 Å². The molecule has 10 nitrogen and oxygen atoms in total. The van der Waals surface area contributed by atoms with Gasteiger partial charge in [-0.1, -0.05) is 6.07 Å². The van der Waals surface area contributed by atoms with E-state index in [1.165, 1.54) is 23.5 Å². The van der Waals surface area contributed by atoms with E-state index in [1.54, 1.807) is 29.6 Å². The summed E-state index contributed by atoms with van der Waals surface area (Å²) in [5.74, 6) is -7.13. The maximum Gasteiger partial charge on any atom is 0.255 e. The van der Waals surface area contributed by atoms with Gasteiger partial charge in [-0.15, -0.1) is 11.3 Å². The number of phenols is 1. The fourth-order valence-corrected chi connectivity index (χ4v) is 6.63. The number of benzene rings is 2. The number of nitrogens with two attached hydrogens (primary N) is 1. The van der Waals surface area contributed by atoms with Gasteiger partial charge < -0.3 is 31.5 Å². The Balaban J connectivity index is 1.37. The molecule has 3 unspecified atom stereocenters. The van der Waals surface area contributed by atoms with Gasteiger partial charge >= 0.3 is 0 Å². The largest absolute Gasteiger partial charge is 0.508 e. The standard InChI is InChI=1S/C28H22FN3O7S/c29-15-4-1-11(2-5-15)17-10-40-27(32-17)31-16-6-3-12-7-13-8-14-9-18(33)21(26(30)38)25(37)28(14,39)24(36)20(13)23(35)19(12)22(16)34/h1-6,10,13-14,34-35,37,39H,7-9H2,(H2,30,38)(H,31,32). The van der Waals surface area contributed by atoms with Crippen LogP contribution in [0, 0.1) is 17.7 Å². The lowest BCUT2D eigenvalue weighted by atomic mass is 9.59. The van der Waals surface area contributed by atoms with Crippen LogP contribution in [-0.2, 0) is 20.8 Å². The number of aromatic nitrogens is 1. The number of carbonyl (C=O) groups is 3. The number of aromatic hydroxyl groups is 1. The summed E-state index contributed by atoms with van der Waals surface area (Å²) in [5.41, 5.74) is 3.55. The molecule has 3 atom stereocenters. The third-order valence-corrected chi connectivity index (χ3v) is 8.58. The molecule has 1 heterocycles. The summed E-state index contributed by atoms with van der Waals surface area (Å²) in [7, 11) is 0. The number of amides is 1. The fourth-order valence-electron chi connectivity index (χ4n) is 5.90. The van der Waals surface area contributed by atoms with Crippen LogP contribution in [0.3, 0.4) is 0 Å². The number of hydrogen-bond acceptors (Lipinski definition) is 10. The van der Waals surface area contributed by atoms with Crippen LogP contribution in [0.5, 0.6) is 5.75 Å². The van der Waals surface area contributed by atoms with Gasteiger partial charge in [-0.3, -0.25) is 14.4 Å². The highest BCUT2D eigenvalue weighted by Crippen LogP contribution is 2.52. The molecule has 3 aromatic rings. The number of halogens is 1. The molecule has 0 spiro atoms. The number of phenolic OH excluding ortho intramolecular Hbond substituents is 1. The topological polar surface area (TPSA) is 183 Å². The maximum atomic E-state index is 13.6. The molecule has 6 rings (SSSR count). The summed E-state index contributed by atoms with van der Waals surface area (Å²) in [6.45, 7) is 0. The highest BCUT2D eigenvalue weighted by molar-refractivity contribution is 7.14. The predicted octanol–water partition coefficient (Wildman–Crippen LogP) is 3.43. The van der Waals surface area contributed by atoms with Gasteiger partial charge in [-0.25, -0.2) is 9.37 Å². The molecule has 2 aromatic carbocycles. The van der Waals surface area contributed by atoms with Gasteiger partial charge in [0.2, 0.25) is 5.78 Å². The van der Waals surface area contributed by atoms with Gasteiger partial charge in [-0.2, -0.15) is 0 Å². The SMILES string of the molecule is NC(=O)C1=C(O)C2(O)C(=O)C3=C(O)c4c(ccc(Nc5nc(-c6ccc(F)cc6)cs5)c4O)CC3CC2CC1=O. The molecule has 1 saturated carbocycles. The fraction of sp³-hybridized carbons (Fsp3) is 0.214. The number of aliphatic hydroxyl groups is 3. The van der Waals surface area contributed by atoms with E-state index in [1.807, 2.05) is 0 Å². The summed E-state index contributed by atoms with van der Waals surface area (Å²) < 4.78 is 13.3. The van der Waals surface area contributed by atoms with Crippen LogP contribution in [0.15, 0.2) is 58.7 Å². The number of carbonyl (C=O) groups excluding carboxylic acids is 3. The van der Waals surface area contributed by atoms with Crippen molar-refractivity contribution in [2.45, 2.75) is 24.9 Å². The molecule has 1 aromatic heterocycles. The zero-order valence-electron chi connectivity index (χ0n) is 20.6. The van der Waals surface area contributed by atoms with Gasteiger partial charge in [0.25, 0.3) is 5.91 Å². The molecule has 0 radical (unpaired) electrons. The van der Waals surface area contributed by atoms with E-state index in [0.29, 0.717) is 22.0 Å². The van der Waals surface area contributed by atoms with Crippen LogP contribution in [0.1, 0.15) is 24.0 Å². The van der Waals surface area contributed by atoms with Crippen LogP contribution in [0.25, 0.3) is 17.0 Å². The van der Waals surface area contributed by atoms with E-state index < -0.39 is 52.0 Å². The third-order valence-electron chi connectivity index (χ3n) is 7.82. The van der Waals surface area contributed by atoms with Gasteiger partial charge in [0.1, 0.15) is 28.7 Å². The molecular formula is C28H22FN3O7S. The number of primary amides is 1. The Morgan fingerprint density at radius 3 is 2.52 bits per heavy atom. The van der Waals surface area contributed by atoms with Gasteiger partial charge in [0.05, 0.1) is 16.9 Å². The van der Waals surface area contributed by atoms with Crippen molar-refractivity contribution in [3.63, 3.8) is 0 Å². The molecule has 0 saturated heterocycles. The highest BCUT2D eigenvalue weighted by atomic mass is 32.1. The molecule has 204 valence electrons. The number of thiazole rings is 1. The van der Waals surface area contributed by atoms with Gasteiger partial charge in [0.15, 0.2) is 16.5 Å². The predicted molar refractivity (Wildman–Crippen MR) is 142 cm³/mol. The number of Topliss-reactive ketones (excluding diaryl/α,β-unsaturated/α-hetero) is 2. The van der Waals surface area contributed by atoms with E-state index in [2.05, 4.69) is 10.3 Å². The van der Waals surface area contributed by atoms with Gasteiger partial charge in [0, 0.05) is 28.9 Å². The average molecular weight is 564 g/mol. The Morgan fingerprint density at radius 1 is 1.10 bits per heavy atom. The van der Waals surface area contributed by atoms with E-state index in [4.69, 9.17) is 5.73 Å². The molecule has 40 heavy (non-hydrogen) atoms. The molecule has 0 aliphatic heterocycles. The first-order valence-corrected chi connectivity index (χ1v) is 13.2. The zero-order chi connectivity index (χ0) is 28.5. The van der Waals surface area contributed by atoms with E-state index in [-0.39, 0.29) is 47.7 Å². The number of nitrogens with one attached hydrogen (secondary N) is 1. The summed E-state index contributed by atoms with van der Waals surface area (Å²) in [6, 6.07) is 9.10. The summed E-state index contributed by atoms with van der Waals surface area (Å²) in [5, 5.41) is 49.5. The smallest absolute Gasteiger partial charge is 0.255 e. The second-order valence-electron chi connectivity index (χ2n) is 10.1. The van der Waals surface area contributed by atoms with Crippen LogP contribution in [0.4, 0.5) is 15.2 Å². The van der Waals surface area contributed by atoms with E-state index >= 15 is 0 Å². The number of anilines is 2. The van der Waals surface area contributed by atoms with Crippen LogP contribution in [0.2, 0.25) is 0 Å². The van der Waals surface area contributed by atoms with E-state index in [0.717, 1.165) is 0 Å². The van der Waals surface area contributed by atoms with Crippen LogP contribution in [-0.4, -0.2) is 48.5 Å². The molecule has 12 heteroatoms. The zero-order valence-corrected chi connectivity index (χ0v) is 21.5. The summed E-state index contributed by atoms with van der Waals surface area (Å²) >= 11 is 1.24. The molecule has 3 aliphatic rings. The Hall–Kier alpha value is -4.55. The Kier molecular flexibility index (Phi) is 5.78. The molecule has 7 N–H and O–H groups in total. The minimum absolute atomic E-state index is 0.0209. The highest BCUT2D eigenvalue weighted by Gasteiger charge is 2.60. The number of hydrogen-bond donors (Lipinski definition) is 6. The quantitative estimate of drug-likeness (QED) is 0.205. The number of aliphatic hydroxyl groups excluding tert-OH is 2. The van der Waals surface area contributed by atoms with Crippen molar-refractivity contribution in [1.29, 1.82) is 0 Å². The maximum absolute atomic E-state index is 13.6. The average Bonchev–Trinajstić information content (AvgIpc) is 3.36. The lowest BCUT2D eigenvalue weighted by Crippen LogP contribution is -2.58. The third kappa shape index (κ3) is 3.71.